The Morgan fingerprint density at radius 3 is 2.50 bits per heavy atom. The number of rotatable bonds is 1. The van der Waals surface area contributed by atoms with E-state index in [-0.39, 0.29) is 16.3 Å². The van der Waals surface area contributed by atoms with Crippen LogP contribution in [0.3, 0.4) is 0 Å². The molecule has 0 radical (unpaired) electrons. The van der Waals surface area contributed by atoms with Crippen molar-refractivity contribution in [2.24, 2.45) is 0 Å². The third-order valence-electron chi connectivity index (χ3n) is 1.99. The van der Waals surface area contributed by atoms with Crippen LogP contribution in [0.4, 0.5) is 13.2 Å². The SMILES string of the molecule is COC(=O)c1c(Cl)ncc(C(F)(F)F)c1C. The molecule has 7 heteroatoms. The fourth-order valence-corrected chi connectivity index (χ4v) is 1.46. The maximum absolute atomic E-state index is 12.5. The van der Waals surface area contributed by atoms with E-state index in [1.54, 1.807) is 0 Å². The van der Waals surface area contributed by atoms with Gasteiger partial charge in [0.1, 0.15) is 10.7 Å². The van der Waals surface area contributed by atoms with Crippen LogP contribution in [0, 0.1) is 6.92 Å². The Bertz CT molecular complexity index is 431. The molecule has 1 heterocycles. The number of ether oxygens (including phenoxy) is 1. The lowest BCUT2D eigenvalue weighted by Crippen LogP contribution is -2.14. The summed E-state index contributed by atoms with van der Waals surface area (Å²) in [6.07, 6.45) is -3.99. The van der Waals surface area contributed by atoms with Crippen LogP contribution in [0.5, 0.6) is 0 Å². The summed E-state index contributed by atoms with van der Waals surface area (Å²) in [5, 5.41) is -0.308. The van der Waals surface area contributed by atoms with Gasteiger partial charge in [-0.1, -0.05) is 11.6 Å². The second-order valence-electron chi connectivity index (χ2n) is 2.95. The molecule has 0 spiro atoms. The van der Waals surface area contributed by atoms with Gasteiger partial charge in [0.05, 0.1) is 12.7 Å². The van der Waals surface area contributed by atoms with Gasteiger partial charge >= 0.3 is 12.1 Å². The second-order valence-corrected chi connectivity index (χ2v) is 3.31. The minimum Gasteiger partial charge on any atom is -0.465 e. The first-order chi connectivity index (χ1) is 7.29. The quantitative estimate of drug-likeness (QED) is 0.571. The van der Waals surface area contributed by atoms with E-state index in [2.05, 4.69) is 9.72 Å². The van der Waals surface area contributed by atoms with Crippen molar-refractivity contribution >= 4 is 17.6 Å². The summed E-state index contributed by atoms with van der Waals surface area (Å²) in [4.78, 5) is 14.5. The number of aromatic nitrogens is 1. The lowest BCUT2D eigenvalue weighted by atomic mass is 10.1. The molecular formula is C9H7ClF3NO2. The zero-order valence-electron chi connectivity index (χ0n) is 8.35. The van der Waals surface area contributed by atoms with Gasteiger partial charge in [-0.15, -0.1) is 0 Å². The highest BCUT2D eigenvalue weighted by Gasteiger charge is 2.35. The van der Waals surface area contributed by atoms with Crippen LogP contribution in [0.2, 0.25) is 5.15 Å². The first-order valence-electron chi connectivity index (χ1n) is 4.09. The lowest BCUT2D eigenvalue weighted by molar-refractivity contribution is -0.138. The van der Waals surface area contributed by atoms with Gasteiger partial charge in [0.25, 0.3) is 0 Å². The fourth-order valence-electron chi connectivity index (χ4n) is 1.20. The van der Waals surface area contributed by atoms with Crippen molar-refractivity contribution in [3.05, 3.63) is 28.0 Å². The average molecular weight is 254 g/mol. The van der Waals surface area contributed by atoms with E-state index in [0.29, 0.717) is 6.20 Å². The molecule has 0 N–H and O–H groups in total. The van der Waals surface area contributed by atoms with Gasteiger partial charge in [-0.05, 0) is 12.5 Å². The maximum Gasteiger partial charge on any atom is 0.418 e. The Morgan fingerprint density at radius 1 is 1.50 bits per heavy atom. The lowest BCUT2D eigenvalue weighted by Gasteiger charge is -2.13. The van der Waals surface area contributed by atoms with Gasteiger partial charge in [-0.2, -0.15) is 13.2 Å². The molecule has 0 saturated carbocycles. The Hall–Kier alpha value is -1.30. The van der Waals surface area contributed by atoms with E-state index in [4.69, 9.17) is 11.6 Å². The Kier molecular flexibility index (Phi) is 3.42. The molecule has 88 valence electrons. The van der Waals surface area contributed by atoms with Crippen molar-refractivity contribution in [3.63, 3.8) is 0 Å². The van der Waals surface area contributed by atoms with Gasteiger partial charge in [0.15, 0.2) is 0 Å². The molecule has 0 saturated heterocycles. The van der Waals surface area contributed by atoms with Gasteiger partial charge < -0.3 is 4.74 Å². The number of nitrogens with zero attached hydrogens (tertiary/aromatic N) is 1. The number of pyridine rings is 1. The first kappa shape index (κ1) is 12.8. The van der Waals surface area contributed by atoms with Crippen LogP contribution in [0.1, 0.15) is 21.5 Å². The summed E-state index contributed by atoms with van der Waals surface area (Å²) in [7, 11) is 1.05. The fraction of sp³-hybridized carbons (Fsp3) is 0.333. The van der Waals surface area contributed by atoms with Crippen LogP contribution in [0.25, 0.3) is 0 Å². The summed E-state index contributed by atoms with van der Waals surface area (Å²) < 4.78 is 41.8. The first-order valence-corrected chi connectivity index (χ1v) is 4.47. The molecular weight excluding hydrogens is 247 g/mol. The standard InChI is InChI=1S/C9H7ClF3NO2/c1-4-5(9(11,12)13)3-14-7(10)6(4)8(15)16-2/h3H,1-2H3. The molecule has 1 aromatic heterocycles. The van der Waals surface area contributed by atoms with Crippen molar-refractivity contribution in [3.8, 4) is 0 Å². The molecule has 3 nitrogen and oxygen atoms in total. The van der Waals surface area contributed by atoms with Gasteiger partial charge in [0, 0.05) is 6.20 Å². The number of carbonyl (C=O) groups is 1. The zero-order chi connectivity index (χ0) is 12.5. The minimum absolute atomic E-state index is 0.292. The second kappa shape index (κ2) is 4.29. The minimum atomic E-state index is -4.58. The smallest absolute Gasteiger partial charge is 0.418 e. The molecule has 1 aromatic rings. The highest BCUT2D eigenvalue weighted by Crippen LogP contribution is 2.34. The summed E-state index contributed by atoms with van der Waals surface area (Å²) >= 11 is 5.55. The van der Waals surface area contributed by atoms with E-state index in [1.165, 1.54) is 0 Å². The Labute approximate surface area is 94.2 Å². The van der Waals surface area contributed by atoms with E-state index < -0.39 is 17.7 Å². The number of hydrogen-bond acceptors (Lipinski definition) is 3. The topological polar surface area (TPSA) is 39.2 Å². The molecule has 0 amide bonds. The Morgan fingerprint density at radius 2 is 2.06 bits per heavy atom. The van der Waals surface area contributed by atoms with Crippen molar-refractivity contribution in [1.82, 2.24) is 4.98 Å². The average Bonchev–Trinajstić information content (AvgIpc) is 2.15. The third-order valence-corrected chi connectivity index (χ3v) is 2.27. The van der Waals surface area contributed by atoms with E-state index in [0.717, 1.165) is 14.0 Å². The van der Waals surface area contributed by atoms with Crippen molar-refractivity contribution in [2.45, 2.75) is 13.1 Å². The number of methoxy groups -OCH3 is 1. The highest BCUT2D eigenvalue weighted by atomic mass is 35.5. The van der Waals surface area contributed by atoms with Gasteiger partial charge in [-0.25, -0.2) is 9.78 Å². The molecule has 0 bridgehead atoms. The number of hydrogen-bond donors (Lipinski definition) is 0. The van der Waals surface area contributed by atoms with Crippen LogP contribution < -0.4 is 0 Å². The van der Waals surface area contributed by atoms with Crippen LogP contribution in [0.15, 0.2) is 6.20 Å². The predicted octanol–water partition coefficient (Wildman–Crippen LogP) is 2.85. The molecule has 0 aromatic carbocycles. The third kappa shape index (κ3) is 2.27. The maximum atomic E-state index is 12.5. The zero-order valence-corrected chi connectivity index (χ0v) is 9.11. The van der Waals surface area contributed by atoms with E-state index >= 15 is 0 Å². The molecule has 0 unspecified atom stereocenters. The molecule has 0 aliphatic heterocycles. The highest BCUT2D eigenvalue weighted by molar-refractivity contribution is 6.32. The summed E-state index contributed by atoms with van der Waals surface area (Å²) in [5.74, 6) is -0.943. The molecule has 0 atom stereocenters. The Balaban J connectivity index is 3.45. The van der Waals surface area contributed by atoms with Crippen molar-refractivity contribution in [2.75, 3.05) is 7.11 Å². The molecule has 0 aliphatic carbocycles. The molecule has 0 fully saturated rings. The molecule has 1 rings (SSSR count). The number of halogens is 4. The van der Waals surface area contributed by atoms with Crippen molar-refractivity contribution < 1.29 is 22.7 Å². The normalized spacial score (nSPS) is 11.4. The number of alkyl halides is 3. The van der Waals surface area contributed by atoms with E-state index in [1.807, 2.05) is 0 Å². The van der Waals surface area contributed by atoms with Crippen molar-refractivity contribution in [1.29, 1.82) is 0 Å². The number of esters is 1. The predicted molar refractivity (Wildman–Crippen MR) is 50.3 cm³/mol. The monoisotopic (exact) mass is 253 g/mol. The van der Waals surface area contributed by atoms with Crippen LogP contribution >= 0.6 is 11.6 Å². The van der Waals surface area contributed by atoms with Crippen LogP contribution in [-0.2, 0) is 10.9 Å². The van der Waals surface area contributed by atoms with Gasteiger partial charge in [-0.3, -0.25) is 0 Å². The van der Waals surface area contributed by atoms with Crippen LogP contribution in [-0.4, -0.2) is 18.1 Å². The summed E-state index contributed by atoms with van der Waals surface area (Å²) in [6.45, 7) is 1.14. The number of carbonyl (C=O) groups excluding carboxylic acids is 1. The molecule has 16 heavy (non-hydrogen) atoms. The summed E-state index contributed by atoms with van der Waals surface area (Å²) in [5.41, 5.74) is -1.66. The van der Waals surface area contributed by atoms with E-state index in [9.17, 15) is 18.0 Å². The molecule has 0 aliphatic rings. The largest absolute Gasteiger partial charge is 0.465 e. The van der Waals surface area contributed by atoms with Gasteiger partial charge in [0.2, 0.25) is 0 Å². The summed E-state index contributed by atoms with van der Waals surface area (Å²) in [6, 6.07) is 0.